The minimum Gasteiger partial charge on any atom is -0.370 e. The molecule has 0 saturated carbocycles. The molecule has 0 aliphatic carbocycles. The number of carbonyl (C=O) groups is 1. The molecule has 1 unspecified atom stereocenters. The van der Waals surface area contributed by atoms with Gasteiger partial charge in [0.25, 0.3) is 0 Å². The number of likely N-dealkylation sites (tertiary alicyclic amines) is 1. The van der Waals surface area contributed by atoms with Gasteiger partial charge in [-0.1, -0.05) is 6.07 Å². The second-order valence-corrected chi connectivity index (χ2v) is 7.95. The number of hydrogen-bond donors (Lipinski definition) is 2. The molecule has 1 amide bonds. The number of hydrogen-bond acceptors (Lipinski definition) is 5. The van der Waals surface area contributed by atoms with E-state index in [9.17, 15) is 4.79 Å². The van der Waals surface area contributed by atoms with Crippen LogP contribution in [0.4, 0.5) is 0 Å². The van der Waals surface area contributed by atoms with Gasteiger partial charge in [0, 0.05) is 31.4 Å². The van der Waals surface area contributed by atoms with E-state index in [0.717, 1.165) is 50.1 Å². The molecule has 10 heteroatoms. The number of piperidine rings is 1. The molecule has 2 aromatic heterocycles. The first kappa shape index (κ1) is 22.6. The third-order valence-electron chi connectivity index (χ3n) is 4.86. The highest BCUT2D eigenvalue weighted by atomic mass is 127. The number of nitrogens with one attached hydrogen (secondary N) is 1. The van der Waals surface area contributed by atoms with E-state index < -0.39 is 0 Å². The average Bonchev–Trinajstić information content (AvgIpc) is 3.26. The summed E-state index contributed by atoms with van der Waals surface area (Å²) < 4.78 is 1.95. The highest BCUT2D eigenvalue weighted by Crippen LogP contribution is 2.20. The van der Waals surface area contributed by atoms with E-state index in [-0.39, 0.29) is 35.8 Å². The van der Waals surface area contributed by atoms with Crippen LogP contribution in [0.25, 0.3) is 0 Å². The number of nitrogens with two attached hydrogens (primary N) is 1. The van der Waals surface area contributed by atoms with Crippen LogP contribution in [0.2, 0.25) is 0 Å². The van der Waals surface area contributed by atoms with Crippen LogP contribution in [0.1, 0.15) is 35.8 Å². The number of carbonyl (C=O) groups excluding carboxylic acids is 1. The Morgan fingerprint density at radius 2 is 2.29 bits per heavy atom. The predicted octanol–water partition coefficient (Wildman–Crippen LogP) is 2.04. The van der Waals surface area contributed by atoms with Crippen LogP contribution >= 0.6 is 35.3 Å². The summed E-state index contributed by atoms with van der Waals surface area (Å²) in [4.78, 5) is 19.6. The van der Waals surface area contributed by atoms with Crippen LogP contribution < -0.4 is 11.1 Å². The van der Waals surface area contributed by atoms with Crippen molar-refractivity contribution in [3.8, 4) is 0 Å². The molecule has 1 atom stereocenters. The van der Waals surface area contributed by atoms with Gasteiger partial charge in [-0.3, -0.25) is 4.79 Å². The van der Waals surface area contributed by atoms with E-state index in [2.05, 4.69) is 31.9 Å². The van der Waals surface area contributed by atoms with Crippen molar-refractivity contribution in [3.05, 3.63) is 34.0 Å². The van der Waals surface area contributed by atoms with Gasteiger partial charge in [0.05, 0.1) is 6.54 Å². The standard InChI is InChI=1S/C18H27N7OS.HI/c1-13-22-23-17(24(13)2)11-21-18(20-10-15-6-4-8-27-15)25-7-3-5-14(12-25)9-16(19)26;/h4,6,8,14H,3,5,7,9-12H2,1-2H3,(H2,19,26)(H,20,21);1H. The largest absolute Gasteiger partial charge is 0.370 e. The van der Waals surface area contributed by atoms with E-state index in [1.165, 1.54) is 4.88 Å². The monoisotopic (exact) mass is 517 g/mol. The summed E-state index contributed by atoms with van der Waals surface area (Å²) in [6, 6.07) is 4.15. The van der Waals surface area contributed by atoms with E-state index in [1.54, 1.807) is 11.3 Å². The van der Waals surface area contributed by atoms with Crippen molar-refractivity contribution >= 4 is 47.2 Å². The summed E-state index contributed by atoms with van der Waals surface area (Å²) in [5, 5.41) is 13.8. The predicted molar refractivity (Wildman–Crippen MR) is 122 cm³/mol. The SMILES string of the molecule is Cc1nnc(CN=C(NCc2cccs2)N2CCCC(CC(N)=O)C2)n1C.I. The lowest BCUT2D eigenvalue weighted by Gasteiger charge is -2.34. The minimum absolute atomic E-state index is 0. The second kappa shape index (κ2) is 10.7. The van der Waals surface area contributed by atoms with Crippen LogP contribution in [-0.2, 0) is 24.9 Å². The fraction of sp³-hybridized carbons (Fsp3) is 0.556. The second-order valence-electron chi connectivity index (χ2n) is 6.92. The molecule has 0 aromatic carbocycles. The molecule has 3 rings (SSSR count). The number of aromatic nitrogens is 3. The van der Waals surface area contributed by atoms with Gasteiger partial charge in [-0.15, -0.1) is 45.5 Å². The van der Waals surface area contributed by atoms with Crippen molar-refractivity contribution in [2.45, 2.75) is 39.3 Å². The molecular formula is C18H28IN7OS. The van der Waals surface area contributed by atoms with E-state index in [0.29, 0.717) is 13.0 Å². The summed E-state index contributed by atoms with van der Waals surface area (Å²) in [5.41, 5.74) is 5.40. The smallest absolute Gasteiger partial charge is 0.217 e. The van der Waals surface area contributed by atoms with Gasteiger partial charge >= 0.3 is 0 Å². The van der Waals surface area contributed by atoms with Crippen molar-refractivity contribution < 1.29 is 4.79 Å². The number of amides is 1. The molecule has 1 aliphatic rings. The van der Waals surface area contributed by atoms with Gasteiger partial charge in [-0.2, -0.15) is 0 Å². The molecule has 1 saturated heterocycles. The van der Waals surface area contributed by atoms with Crippen LogP contribution in [0.5, 0.6) is 0 Å². The maximum atomic E-state index is 11.3. The lowest BCUT2D eigenvalue weighted by Crippen LogP contribution is -2.47. The molecule has 0 spiro atoms. The van der Waals surface area contributed by atoms with Gasteiger partial charge < -0.3 is 20.5 Å². The van der Waals surface area contributed by atoms with Crippen LogP contribution in [0.3, 0.4) is 0 Å². The fourth-order valence-corrected chi connectivity index (χ4v) is 3.93. The normalized spacial score (nSPS) is 17.3. The Balaban J connectivity index is 0.00000280. The Morgan fingerprint density at radius 1 is 1.46 bits per heavy atom. The minimum atomic E-state index is -0.235. The first-order chi connectivity index (χ1) is 13.0. The number of aliphatic imine (C=N–C) groups is 1. The summed E-state index contributed by atoms with van der Waals surface area (Å²) >= 11 is 1.72. The first-order valence-corrected chi connectivity index (χ1v) is 10.1. The molecule has 8 nitrogen and oxygen atoms in total. The number of thiophene rings is 1. The fourth-order valence-electron chi connectivity index (χ4n) is 3.29. The van der Waals surface area contributed by atoms with Gasteiger partial charge in [-0.25, -0.2) is 4.99 Å². The van der Waals surface area contributed by atoms with Crippen molar-refractivity contribution in [3.63, 3.8) is 0 Å². The third-order valence-corrected chi connectivity index (χ3v) is 5.74. The Hall–Kier alpha value is -1.69. The maximum absolute atomic E-state index is 11.3. The molecule has 0 bridgehead atoms. The summed E-state index contributed by atoms with van der Waals surface area (Å²) in [5.74, 6) is 2.59. The number of rotatable bonds is 6. The molecule has 3 N–H and O–H groups in total. The highest BCUT2D eigenvalue weighted by Gasteiger charge is 2.24. The number of halogens is 1. The molecule has 28 heavy (non-hydrogen) atoms. The number of primary amides is 1. The maximum Gasteiger partial charge on any atom is 0.217 e. The summed E-state index contributed by atoms with van der Waals surface area (Å²) in [6.07, 6.45) is 2.48. The van der Waals surface area contributed by atoms with Crippen LogP contribution in [0, 0.1) is 12.8 Å². The number of aryl methyl sites for hydroxylation is 1. The lowest BCUT2D eigenvalue weighted by atomic mass is 9.95. The Labute approximate surface area is 186 Å². The van der Waals surface area contributed by atoms with Crippen molar-refractivity contribution in [1.82, 2.24) is 25.0 Å². The summed E-state index contributed by atoms with van der Waals surface area (Å²) in [7, 11) is 1.95. The zero-order chi connectivity index (χ0) is 19.2. The van der Waals surface area contributed by atoms with Crippen molar-refractivity contribution in [2.24, 2.45) is 23.7 Å². The highest BCUT2D eigenvalue weighted by molar-refractivity contribution is 14.0. The van der Waals surface area contributed by atoms with Gasteiger partial charge in [0.15, 0.2) is 11.8 Å². The van der Waals surface area contributed by atoms with E-state index in [1.807, 2.05) is 24.6 Å². The Bertz CT molecular complexity index is 790. The molecular weight excluding hydrogens is 489 g/mol. The Morgan fingerprint density at radius 3 is 2.93 bits per heavy atom. The van der Waals surface area contributed by atoms with E-state index in [4.69, 9.17) is 10.7 Å². The Kier molecular flexibility index (Phi) is 8.67. The molecule has 3 heterocycles. The topological polar surface area (TPSA) is 101 Å². The summed E-state index contributed by atoms with van der Waals surface area (Å²) in [6.45, 7) is 4.82. The first-order valence-electron chi connectivity index (χ1n) is 9.21. The van der Waals surface area contributed by atoms with Crippen molar-refractivity contribution in [2.75, 3.05) is 13.1 Å². The zero-order valence-corrected chi connectivity index (χ0v) is 19.4. The van der Waals surface area contributed by atoms with Gasteiger partial charge in [0.2, 0.25) is 5.91 Å². The van der Waals surface area contributed by atoms with Gasteiger partial charge in [-0.05, 0) is 37.1 Å². The number of nitrogens with zero attached hydrogens (tertiary/aromatic N) is 5. The quantitative estimate of drug-likeness (QED) is 0.347. The van der Waals surface area contributed by atoms with Crippen LogP contribution in [-0.4, -0.2) is 44.6 Å². The molecule has 1 aliphatic heterocycles. The lowest BCUT2D eigenvalue weighted by molar-refractivity contribution is -0.119. The number of guanidine groups is 1. The molecule has 0 radical (unpaired) electrons. The average molecular weight is 517 g/mol. The zero-order valence-electron chi connectivity index (χ0n) is 16.3. The molecule has 1 fully saturated rings. The molecule has 2 aromatic rings. The molecule has 154 valence electrons. The van der Waals surface area contributed by atoms with E-state index >= 15 is 0 Å². The van der Waals surface area contributed by atoms with Crippen LogP contribution in [0.15, 0.2) is 22.5 Å². The van der Waals surface area contributed by atoms with Crippen molar-refractivity contribution in [1.29, 1.82) is 0 Å². The third kappa shape index (κ3) is 6.16. The van der Waals surface area contributed by atoms with Gasteiger partial charge in [0.1, 0.15) is 12.4 Å².